The molecule has 0 rings (SSSR count). The van der Waals surface area contributed by atoms with Gasteiger partial charge in [-0.3, -0.25) is 9.59 Å². The van der Waals surface area contributed by atoms with Crippen molar-refractivity contribution in [3.05, 3.63) is 24.3 Å². The van der Waals surface area contributed by atoms with Gasteiger partial charge in [-0.15, -0.1) is 0 Å². The van der Waals surface area contributed by atoms with Crippen LogP contribution in [-0.4, -0.2) is 17.0 Å². The summed E-state index contributed by atoms with van der Waals surface area (Å²) in [6.07, 6.45) is 2.25. The fourth-order valence-electron chi connectivity index (χ4n) is 0.533. The molecular formula is C7H9NO3. The van der Waals surface area contributed by atoms with Gasteiger partial charge in [0.2, 0.25) is 5.91 Å². The molecule has 0 aromatic heterocycles. The quantitative estimate of drug-likeness (QED) is 0.445. The van der Waals surface area contributed by atoms with Crippen LogP contribution in [0.2, 0.25) is 0 Å². The monoisotopic (exact) mass is 155 g/mol. The second-order valence-electron chi connectivity index (χ2n) is 1.86. The van der Waals surface area contributed by atoms with E-state index in [2.05, 4.69) is 6.58 Å². The maximum Gasteiger partial charge on any atom is 0.308 e. The lowest BCUT2D eigenvalue weighted by molar-refractivity contribution is -0.136. The van der Waals surface area contributed by atoms with Crippen LogP contribution in [0.3, 0.4) is 0 Å². The van der Waals surface area contributed by atoms with E-state index in [-0.39, 0.29) is 12.0 Å². The number of amides is 1. The van der Waals surface area contributed by atoms with E-state index in [1.165, 1.54) is 12.2 Å². The van der Waals surface area contributed by atoms with Crippen LogP contribution >= 0.6 is 0 Å². The second kappa shape index (κ2) is 4.27. The number of allylic oxidation sites excluding steroid dienone is 2. The van der Waals surface area contributed by atoms with Crippen molar-refractivity contribution >= 4 is 11.9 Å². The number of nitrogens with two attached hydrogens (primary N) is 1. The third kappa shape index (κ3) is 3.91. The average molecular weight is 155 g/mol. The fraction of sp³-hybridized carbons (Fsp3) is 0.143. The Balaban J connectivity index is 4.35. The number of hydrogen-bond acceptors (Lipinski definition) is 2. The molecule has 0 fully saturated rings. The first-order valence-corrected chi connectivity index (χ1v) is 2.91. The molecular weight excluding hydrogens is 146 g/mol. The molecule has 0 unspecified atom stereocenters. The van der Waals surface area contributed by atoms with Crippen LogP contribution < -0.4 is 5.73 Å². The first kappa shape index (κ1) is 9.42. The van der Waals surface area contributed by atoms with E-state index < -0.39 is 11.9 Å². The Kier molecular flexibility index (Phi) is 3.66. The van der Waals surface area contributed by atoms with Crippen molar-refractivity contribution in [3.8, 4) is 0 Å². The summed E-state index contributed by atoms with van der Waals surface area (Å²) >= 11 is 0. The molecule has 0 saturated carbocycles. The number of hydrogen-bond donors (Lipinski definition) is 2. The van der Waals surface area contributed by atoms with Crippen molar-refractivity contribution in [2.45, 2.75) is 6.42 Å². The average Bonchev–Trinajstić information content (AvgIpc) is 1.86. The van der Waals surface area contributed by atoms with E-state index in [0.717, 1.165) is 0 Å². The van der Waals surface area contributed by atoms with Crippen LogP contribution in [-0.2, 0) is 9.59 Å². The summed E-state index contributed by atoms with van der Waals surface area (Å²) < 4.78 is 0. The Bertz CT molecular complexity index is 218. The zero-order valence-electron chi connectivity index (χ0n) is 5.91. The summed E-state index contributed by atoms with van der Waals surface area (Å²) in [4.78, 5) is 20.6. The molecule has 4 heteroatoms. The topological polar surface area (TPSA) is 80.4 Å². The van der Waals surface area contributed by atoms with Crippen LogP contribution in [0.5, 0.6) is 0 Å². The minimum Gasteiger partial charge on any atom is -0.481 e. The Morgan fingerprint density at radius 1 is 1.55 bits per heavy atom. The molecule has 4 nitrogen and oxygen atoms in total. The Morgan fingerprint density at radius 2 is 2.09 bits per heavy atom. The number of carbonyl (C=O) groups excluding carboxylic acids is 1. The normalized spacial score (nSPS) is 10.7. The highest BCUT2D eigenvalue weighted by molar-refractivity contribution is 5.96. The number of carboxylic acids is 1. The van der Waals surface area contributed by atoms with Crippen molar-refractivity contribution in [1.82, 2.24) is 0 Å². The van der Waals surface area contributed by atoms with Gasteiger partial charge in [-0.05, 0) is 0 Å². The highest BCUT2D eigenvalue weighted by atomic mass is 16.4. The van der Waals surface area contributed by atoms with Gasteiger partial charge in [0.1, 0.15) is 0 Å². The minimum atomic E-state index is -1.09. The van der Waals surface area contributed by atoms with E-state index in [9.17, 15) is 9.59 Å². The largest absolute Gasteiger partial charge is 0.481 e. The molecule has 0 atom stereocenters. The van der Waals surface area contributed by atoms with Crippen molar-refractivity contribution < 1.29 is 14.7 Å². The van der Waals surface area contributed by atoms with E-state index >= 15 is 0 Å². The number of primary amides is 1. The number of carboxylic acid groups (broad SMARTS) is 1. The first-order valence-electron chi connectivity index (χ1n) is 2.91. The highest BCUT2D eigenvalue weighted by Gasteiger charge is 2.07. The zero-order chi connectivity index (χ0) is 8.85. The van der Waals surface area contributed by atoms with Gasteiger partial charge in [0, 0.05) is 5.57 Å². The predicted molar refractivity (Wildman–Crippen MR) is 39.7 cm³/mol. The number of carbonyl (C=O) groups is 2. The third-order valence-electron chi connectivity index (χ3n) is 0.977. The summed E-state index contributed by atoms with van der Waals surface area (Å²) in [5.74, 6) is -1.82. The van der Waals surface area contributed by atoms with E-state index in [1.54, 1.807) is 0 Å². The van der Waals surface area contributed by atoms with Crippen molar-refractivity contribution in [2.24, 2.45) is 5.73 Å². The smallest absolute Gasteiger partial charge is 0.308 e. The van der Waals surface area contributed by atoms with Gasteiger partial charge in [-0.1, -0.05) is 18.7 Å². The van der Waals surface area contributed by atoms with Gasteiger partial charge in [-0.25, -0.2) is 0 Å². The van der Waals surface area contributed by atoms with Crippen LogP contribution in [0.4, 0.5) is 0 Å². The SMILES string of the molecule is C=C/C=C(\CC(=O)O)C(N)=O. The van der Waals surface area contributed by atoms with Crippen LogP contribution in [0.25, 0.3) is 0 Å². The number of rotatable bonds is 4. The van der Waals surface area contributed by atoms with Gasteiger partial charge in [-0.2, -0.15) is 0 Å². The molecule has 60 valence electrons. The predicted octanol–water partition coefficient (Wildman–Crippen LogP) is 0.0588. The zero-order valence-corrected chi connectivity index (χ0v) is 5.91. The van der Waals surface area contributed by atoms with Crippen LogP contribution in [0, 0.1) is 0 Å². The third-order valence-corrected chi connectivity index (χ3v) is 0.977. The lowest BCUT2D eigenvalue weighted by Gasteiger charge is -1.95. The molecule has 0 saturated heterocycles. The second-order valence-corrected chi connectivity index (χ2v) is 1.86. The first-order chi connectivity index (χ1) is 5.07. The maximum absolute atomic E-state index is 10.5. The standard InChI is InChI=1S/C7H9NO3/c1-2-3-5(7(8)11)4-6(9)10/h2-3H,1,4H2,(H2,8,11)(H,9,10)/b5-3+. The molecule has 0 aliphatic rings. The molecule has 0 bridgehead atoms. The van der Waals surface area contributed by atoms with Gasteiger partial charge in [0.25, 0.3) is 0 Å². The van der Waals surface area contributed by atoms with Crippen molar-refractivity contribution in [3.63, 3.8) is 0 Å². The van der Waals surface area contributed by atoms with Gasteiger partial charge in [0.15, 0.2) is 0 Å². The number of aliphatic carboxylic acids is 1. The molecule has 0 aromatic carbocycles. The summed E-state index contributed by atoms with van der Waals surface area (Å²) in [5, 5.41) is 8.28. The van der Waals surface area contributed by atoms with Gasteiger partial charge < -0.3 is 10.8 Å². The molecule has 0 spiro atoms. The lowest BCUT2D eigenvalue weighted by Crippen LogP contribution is -2.16. The van der Waals surface area contributed by atoms with Crippen LogP contribution in [0.1, 0.15) is 6.42 Å². The molecule has 0 radical (unpaired) electrons. The Hall–Kier alpha value is -1.58. The van der Waals surface area contributed by atoms with E-state index in [0.29, 0.717) is 0 Å². The molecule has 0 aliphatic heterocycles. The molecule has 3 N–H and O–H groups in total. The molecule has 0 aliphatic carbocycles. The van der Waals surface area contributed by atoms with E-state index in [1.807, 2.05) is 0 Å². The van der Waals surface area contributed by atoms with Crippen molar-refractivity contribution in [1.29, 1.82) is 0 Å². The Morgan fingerprint density at radius 3 is 2.36 bits per heavy atom. The maximum atomic E-state index is 10.5. The summed E-state index contributed by atoms with van der Waals surface area (Å²) in [6.45, 7) is 3.31. The van der Waals surface area contributed by atoms with Gasteiger partial charge >= 0.3 is 5.97 Å². The summed E-state index contributed by atoms with van der Waals surface area (Å²) in [7, 11) is 0. The summed E-state index contributed by atoms with van der Waals surface area (Å²) in [6, 6.07) is 0. The Labute approximate surface area is 64.0 Å². The molecule has 1 amide bonds. The molecule has 0 aromatic rings. The van der Waals surface area contributed by atoms with E-state index in [4.69, 9.17) is 10.8 Å². The van der Waals surface area contributed by atoms with Crippen LogP contribution in [0.15, 0.2) is 24.3 Å². The lowest BCUT2D eigenvalue weighted by atomic mass is 10.1. The minimum absolute atomic E-state index is 0.0486. The summed E-state index contributed by atoms with van der Waals surface area (Å²) in [5.41, 5.74) is 4.90. The van der Waals surface area contributed by atoms with Gasteiger partial charge in [0.05, 0.1) is 6.42 Å². The fourth-order valence-corrected chi connectivity index (χ4v) is 0.533. The van der Waals surface area contributed by atoms with Crippen molar-refractivity contribution in [2.75, 3.05) is 0 Å². The molecule has 0 heterocycles. The highest BCUT2D eigenvalue weighted by Crippen LogP contribution is 1.99. The molecule has 11 heavy (non-hydrogen) atoms.